The van der Waals surface area contributed by atoms with E-state index >= 15 is 0 Å². The van der Waals surface area contributed by atoms with Crippen LogP contribution < -0.4 is 5.32 Å². The minimum atomic E-state index is -0.290. The SMILES string of the molecule is CC(C)CCN1C(=O)C(CC(=O)N2CCC(N3Cc4ccccc4NC3=O)CC2)SC1C1C=CCCC1. The van der Waals surface area contributed by atoms with Gasteiger partial charge in [-0.3, -0.25) is 9.59 Å². The summed E-state index contributed by atoms with van der Waals surface area (Å²) in [6.45, 7) is 7.03. The van der Waals surface area contributed by atoms with Crippen molar-refractivity contribution in [3.63, 3.8) is 0 Å². The van der Waals surface area contributed by atoms with E-state index < -0.39 is 0 Å². The first kappa shape index (κ1) is 26.1. The van der Waals surface area contributed by atoms with Crippen molar-refractivity contribution >= 4 is 35.3 Å². The number of para-hydroxylation sites is 1. The molecule has 3 heterocycles. The Bertz CT molecular complexity index is 1040. The quantitative estimate of drug-likeness (QED) is 0.505. The average Bonchev–Trinajstić information content (AvgIpc) is 3.22. The summed E-state index contributed by atoms with van der Waals surface area (Å²) in [6.07, 6.45) is 10.7. The topological polar surface area (TPSA) is 73.0 Å². The molecule has 0 radical (unpaired) electrons. The van der Waals surface area contributed by atoms with Crippen LogP contribution in [0.25, 0.3) is 0 Å². The van der Waals surface area contributed by atoms with Gasteiger partial charge in [-0.25, -0.2) is 4.79 Å². The van der Waals surface area contributed by atoms with Gasteiger partial charge >= 0.3 is 6.03 Å². The summed E-state index contributed by atoms with van der Waals surface area (Å²) < 4.78 is 0. The molecule has 1 aliphatic carbocycles. The summed E-state index contributed by atoms with van der Waals surface area (Å²) in [5.41, 5.74) is 2.02. The fourth-order valence-corrected chi connectivity index (χ4v) is 7.63. The maximum absolute atomic E-state index is 13.4. The number of urea groups is 1. The largest absolute Gasteiger partial charge is 0.342 e. The summed E-state index contributed by atoms with van der Waals surface area (Å²) in [5, 5.41) is 2.86. The van der Waals surface area contributed by atoms with Crippen LogP contribution in [0.5, 0.6) is 0 Å². The molecule has 2 fully saturated rings. The van der Waals surface area contributed by atoms with Crippen molar-refractivity contribution in [3.8, 4) is 0 Å². The van der Waals surface area contributed by atoms with E-state index in [1.807, 2.05) is 28.0 Å². The molecule has 7 nitrogen and oxygen atoms in total. The maximum atomic E-state index is 13.4. The average molecular weight is 525 g/mol. The number of amides is 4. The molecular formula is C29H40N4O3S. The summed E-state index contributed by atoms with van der Waals surface area (Å²) in [4.78, 5) is 45.3. The number of nitrogens with one attached hydrogen (secondary N) is 1. The summed E-state index contributed by atoms with van der Waals surface area (Å²) in [6, 6.07) is 7.99. The van der Waals surface area contributed by atoms with E-state index in [0.717, 1.165) is 49.9 Å². The van der Waals surface area contributed by atoms with Crippen LogP contribution in [0.1, 0.15) is 64.4 Å². The molecule has 1 aromatic carbocycles. The van der Waals surface area contributed by atoms with E-state index in [1.165, 1.54) is 6.42 Å². The normalized spacial score (nSPS) is 26.6. The van der Waals surface area contributed by atoms with E-state index in [1.54, 1.807) is 11.8 Å². The summed E-state index contributed by atoms with van der Waals surface area (Å²) in [7, 11) is 0. The lowest BCUT2D eigenvalue weighted by Crippen LogP contribution is -2.51. The molecule has 2 saturated heterocycles. The van der Waals surface area contributed by atoms with Gasteiger partial charge < -0.3 is 20.0 Å². The molecule has 0 spiro atoms. The highest BCUT2D eigenvalue weighted by atomic mass is 32.2. The molecule has 3 atom stereocenters. The van der Waals surface area contributed by atoms with Gasteiger partial charge in [0.1, 0.15) is 0 Å². The number of hydrogen-bond donors (Lipinski definition) is 1. The molecule has 4 amide bonds. The van der Waals surface area contributed by atoms with Crippen LogP contribution >= 0.6 is 11.8 Å². The van der Waals surface area contributed by atoms with Crippen molar-refractivity contribution in [1.29, 1.82) is 0 Å². The molecule has 0 bridgehead atoms. The molecule has 1 aromatic rings. The molecule has 3 unspecified atom stereocenters. The zero-order valence-corrected chi connectivity index (χ0v) is 22.9. The lowest BCUT2D eigenvalue weighted by Gasteiger charge is -2.40. The predicted molar refractivity (Wildman–Crippen MR) is 148 cm³/mol. The summed E-state index contributed by atoms with van der Waals surface area (Å²) >= 11 is 1.71. The fourth-order valence-electron chi connectivity index (χ4n) is 6.02. The third-order valence-corrected chi connectivity index (χ3v) is 9.83. The number of allylic oxidation sites excluding steroid dienone is 1. The van der Waals surface area contributed by atoms with Crippen LogP contribution in [-0.2, 0) is 16.1 Å². The molecule has 1 N–H and O–H groups in total. The molecule has 0 saturated carbocycles. The Balaban J connectivity index is 1.17. The van der Waals surface area contributed by atoms with Gasteiger partial charge in [0, 0.05) is 50.2 Å². The van der Waals surface area contributed by atoms with Gasteiger partial charge in [0.25, 0.3) is 0 Å². The van der Waals surface area contributed by atoms with E-state index in [2.05, 4.69) is 42.3 Å². The zero-order valence-electron chi connectivity index (χ0n) is 22.1. The molecule has 8 heteroatoms. The lowest BCUT2D eigenvalue weighted by molar-refractivity contribution is -0.137. The van der Waals surface area contributed by atoms with Crippen molar-refractivity contribution in [2.75, 3.05) is 25.0 Å². The second-order valence-electron chi connectivity index (χ2n) is 11.3. The van der Waals surface area contributed by atoms with Crippen molar-refractivity contribution in [3.05, 3.63) is 42.0 Å². The number of likely N-dealkylation sites (tertiary alicyclic amines) is 1. The summed E-state index contributed by atoms with van der Waals surface area (Å²) in [5.74, 6) is 1.13. The Morgan fingerprint density at radius 2 is 1.92 bits per heavy atom. The fraction of sp³-hybridized carbons (Fsp3) is 0.621. The Hall–Kier alpha value is -2.48. The molecule has 0 aromatic heterocycles. The lowest BCUT2D eigenvalue weighted by atomic mass is 9.94. The number of piperidine rings is 1. The van der Waals surface area contributed by atoms with E-state index in [4.69, 9.17) is 0 Å². The highest BCUT2D eigenvalue weighted by Crippen LogP contribution is 2.41. The Kier molecular flexibility index (Phi) is 8.12. The number of hydrogen-bond acceptors (Lipinski definition) is 4. The molecule has 3 aliphatic heterocycles. The number of thioether (sulfide) groups is 1. The van der Waals surface area contributed by atoms with Crippen molar-refractivity contribution in [1.82, 2.24) is 14.7 Å². The Morgan fingerprint density at radius 3 is 2.65 bits per heavy atom. The first-order valence-corrected chi connectivity index (χ1v) is 14.9. The first-order valence-electron chi connectivity index (χ1n) is 14.0. The predicted octanol–water partition coefficient (Wildman–Crippen LogP) is 5.09. The van der Waals surface area contributed by atoms with Crippen LogP contribution in [0.3, 0.4) is 0 Å². The van der Waals surface area contributed by atoms with Crippen molar-refractivity contribution in [2.24, 2.45) is 11.8 Å². The number of benzene rings is 1. The minimum Gasteiger partial charge on any atom is -0.342 e. The monoisotopic (exact) mass is 524 g/mol. The standard InChI is InChI=1S/C29H40N4O3S/c1-20(2)12-17-32-27(35)25(37-28(32)21-8-4-3-5-9-21)18-26(34)31-15-13-23(14-16-31)33-19-22-10-6-7-11-24(22)30-29(33)36/h4,6-8,10-11,20-21,23,25,28H,3,5,9,12-19H2,1-2H3,(H,30,36). The van der Waals surface area contributed by atoms with Crippen LogP contribution in [0.2, 0.25) is 0 Å². The third-order valence-electron chi connectivity index (χ3n) is 8.25. The maximum Gasteiger partial charge on any atom is 0.322 e. The second-order valence-corrected chi connectivity index (χ2v) is 12.6. The minimum absolute atomic E-state index is 0.0549. The molecule has 4 aliphatic rings. The van der Waals surface area contributed by atoms with Crippen LogP contribution in [0, 0.1) is 11.8 Å². The first-order chi connectivity index (χ1) is 17.9. The van der Waals surface area contributed by atoms with E-state index in [-0.39, 0.29) is 40.9 Å². The van der Waals surface area contributed by atoms with Crippen molar-refractivity contribution < 1.29 is 14.4 Å². The van der Waals surface area contributed by atoms with Gasteiger partial charge in [-0.15, -0.1) is 11.8 Å². The highest BCUT2D eigenvalue weighted by molar-refractivity contribution is 8.01. The van der Waals surface area contributed by atoms with Gasteiger partial charge in [-0.2, -0.15) is 0 Å². The van der Waals surface area contributed by atoms with E-state index in [0.29, 0.717) is 31.5 Å². The Labute approximate surface area is 225 Å². The van der Waals surface area contributed by atoms with Gasteiger partial charge in [0.05, 0.1) is 10.6 Å². The van der Waals surface area contributed by atoms with Crippen LogP contribution in [0.4, 0.5) is 10.5 Å². The van der Waals surface area contributed by atoms with Gasteiger partial charge in [0.2, 0.25) is 11.8 Å². The van der Waals surface area contributed by atoms with Crippen LogP contribution in [-0.4, -0.2) is 68.8 Å². The second kappa shape index (κ2) is 11.5. The smallest absolute Gasteiger partial charge is 0.322 e. The highest BCUT2D eigenvalue weighted by Gasteiger charge is 2.44. The zero-order chi connectivity index (χ0) is 25.9. The number of nitrogens with zero attached hydrogens (tertiary/aromatic N) is 3. The van der Waals surface area contributed by atoms with Gasteiger partial charge in [-0.1, -0.05) is 44.2 Å². The number of anilines is 1. The third kappa shape index (κ3) is 5.84. The number of fused-ring (bicyclic) bond motifs is 1. The number of carbonyl (C=O) groups is 3. The molecule has 5 rings (SSSR count). The number of carbonyl (C=O) groups excluding carboxylic acids is 3. The molecular weight excluding hydrogens is 484 g/mol. The van der Waals surface area contributed by atoms with Gasteiger partial charge in [-0.05, 0) is 56.1 Å². The molecule has 200 valence electrons. The Morgan fingerprint density at radius 1 is 1.14 bits per heavy atom. The number of rotatable bonds is 7. The van der Waals surface area contributed by atoms with Crippen molar-refractivity contribution in [2.45, 2.75) is 82.0 Å². The van der Waals surface area contributed by atoms with Crippen LogP contribution in [0.15, 0.2) is 36.4 Å². The van der Waals surface area contributed by atoms with E-state index in [9.17, 15) is 14.4 Å². The van der Waals surface area contributed by atoms with Gasteiger partial charge in [0.15, 0.2) is 0 Å². The molecule has 37 heavy (non-hydrogen) atoms.